The maximum atomic E-state index is 13.1. The molecule has 0 aromatic heterocycles. The number of hydrogen-bond donors (Lipinski definition) is 0. The molecule has 3 aromatic carbocycles. The molecule has 1 aliphatic rings. The van der Waals surface area contributed by atoms with Gasteiger partial charge in [-0.15, -0.1) is 0 Å². The van der Waals surface area contributed by atoms with E-state index in [1.807, 2.05) is 30.3 Å². The van der Waals surface area contributed by atoms with Crippen LogP contribution < -0.4 is 0 Å². The number of piperazine rings is 1. The van der Waals surface area contributed by atoms with Gasteiger partial charge in [-0.05, 0) is 40.5 Å². The van der Waals surface area contributed by atoms with Gasteiger partial charge in [-0.3, -0.25) is 4.90 Å². The topological polar surface area (TPSA) is 40.6 Å². The molecule has 1 fully saturated rings. The van der Waals surface area contributed by atoms with E-state index in [4.69, 9.17) is 0 Å². The summed E-state index contributed by atoms with van der Waals surface area (Å²) in [5, 5.41) is 2.01. The molecule has 0 bridgehead atoms. The number of sulfonamides is 1. The fourth-order valence-corrected chi connectivity index (χ4v) is 5.20. The first-order chi connectivity index (χ1) is 13.6. The summed E-state index contributed by atoms with van der Waals surface area (Å²) in [4.78, 5) is 2.71. The van der Waals surface area contributed by atoms with Crippen LogP contribution in [-0.2, 0) is 23.0 Å². The van der Waals surface area contributed by atoms with Crippen LogP contribution in [0.15, 0.2) is 71.6 Å². The van der Waals surface area contributed by atoms with Crippen LogP contribution in [0.3, 0.4) is 0 Å². The van der Waals surface area contributed by atoms with Crippen molar-refractivity contribution < 1.29 is 8.42 Å². The fourth-order valence-electron chi connectivity index (χ4n) is 3.74. The van der Waals surface area contributed by atoms with E-state index in [1.165, 1.54) is 11.1 Å². The summed E-state index contributed by atoms with van der Waals surface area (Å²) in [5.41, 5.74) is 2.62. The third kappa shape index (κ3) is 3.97. The van der Waals surface area contributed by atoms with Gasteiger partial charge in [0.25, 0.3) is 0 Å². The second kappa shape index (κ2) is 8.03. The van der Waals surface area contributed by atoms with Crippen LogP contribution in [0, 0.1) is 0 Å². The zero-order valence-electron chi connectivity index (χ0n) is 16.2. The van der Waals surface area contributed by atoms with E-state index in [1.54, 1.807) is 16.4 Å². The lowest BCUT2D eigenvalue weighted by molar-refractivity contribution is 0.181. The van der Waals surface area contributed by atoms with Crippen LogP contribution in [0.25, 0.3) is 10.8 Å². The van der Waals surface area contributed by atoms with Crippen molar-refractivity contribution in [2.24, 2.45) is 0 Å². The van der Waals surface area contributed by atoms with Gasteiger partial charge in [0.2, 0.25) is 10.0 Å². The summed E-state index contributed by atoms with van der Waals surface area (Å²) in [5.74, 6) is 0. The third-order valence-electron chi connectivity index (χ3n) is 5.53. The van der Waals surface area contributed by atoms with Gasteiger partial charge in [0, 0.05) is 32.7 Å². The highest BCUT2D eigenvalue weighted by atomic mass is 32.2. The second-order valence-electron chi connectivity index (χ2n) is 7.36. The first-order valence-corrected chi connectivity index (χ1v) is 11.3. The van der Waals surface area contributed by atoms with Crippen molar-refractivity contribution in [2.45, 2.75) is 24.8 Å². The highest BCUT2D eigenvalue weighted by Gasteiger charge is 2.28. The number of fused-ring (bicyclic) bond motifs is 1. The van der Waals surface area contributed by atoms with Crippen molar-refractivity contribution in [3.8, 4) is 0 Å². The van der Waals surface area contributed by atoms with Crippen LogP contribution in [0.4, 0.5) is 0 Å². The highest BCUT2D eigenvalue weighted by Crippen LogP contribution is 2.23. The van der Waals surface area contributed by atoms with E-state index in [0.29, 0.717) is 18.0 Å². The molecule has 4 nitrogen and oxygen atoms in total. The molecule has 28 heavy (non-hydrogen) atoms. The van der Waals surface area contributed by atoms with Gasteiger partial charge in [0.15, 0.2) is 0 Å². The third-order valence-corrected chi connectivity index (χ3v) is 7.42. The standard InChI is InChI=1S/C23H26N2O2S/c1-2-19-7-9-20(10-8-19)18-24-13-15-25(16-14-24)28(26,27)23-12-11-21-5-3-4-6-22(21)17-23/h3-12,17H,2,13-16,18H2,1H3. The van der Waals surface area contributed by atoms with Gasteiger partial charge >= 0.3 is 0 Å². The van der Waals surface area contributed by atoms with Crippen molar-refractivity contribution in [3.05, 3.63) is 77.9 Å². The number of aryl methyl sites for hydroxylation is 1. The van der Waals surface area contributed by atoms with Crippen LogP contribution in [0.1, 0.15) is 18.1 Å². The molecule has 1 aliphatic heterocycles. The Labute approximate surface area is 167 Å². The molecule has 3 aromatic rings. The van der Waals surface area contributed by atoms with E-state index in [-0.39, 0.29) is 0 Å². The number of hydrogen-bond acceptors (Lipinski definition) is 3. The molecule has 0 aliphatic carbocycles. The molecule has 0 spiro atoms. The van der Waals surface area contributed by atoms with Gasteiger partial charge in [-0.25, -0.2) is 8.42 Å². The smallest absolute Gasteiger partial charge is 0.243 e. The molecule has 0 saturated carbocycles. The lowest BCUT2D eigenvalue weighted by atomic mass is 10.1. The first-order valence-electron chi connectivity index (χ1n) is 9.85. The SMILES string of the molecule is CCc1ccc(CN2CCN(S(=O)(=O)c3ccc4ccccc4c3)CC2)cc1. The van der Waals surface area contributed by atoms with Gasteiger partial charge < -0.3 is 0 Å². The lowest BCUT2D eigenvalue weighted by Crippen LogP contribution is -2.48. The lowest BCUT2D eigenvalue weighted by Gasteiger charge is -2.34. The number of rotatable bonds is 5. The van der Waals surface area contributed by atoms with Crippen LogP contribution in [0.5, 0.6) is 0 Å². The summed E-state index contributed by atoms with van der Waals surface area (Å²) < 4.78 is 27.8. The Morgan fingerprint density at radius 3 is 2.11 bits per heavy atom. The van der Waals surface area contributed by atoms with Crippen molar-refractivity contribution in [1.82, 2.24) is 9.21 Å². The Morgan fingerprint density at radius 2 is 1.43 bits per heavy atom. The van der Waals surface area contributed by atoms with Crippen LogP contribution >= 0.6 is 0 Å². The average Bonchev–Trinajstić information content (AvgIpc) is 2.74. The monoisotopic (exact) mass is 394 g/mol. The minimum atomic E-state index is -3.45. The molecule has 0 atom stereocenters. The Hall–Kier alpha value is -2.21. The van der Waals surface area contributed by atoms with Crippen molar-refractivity contribution in [1.29, 1.82) is 0 Å². The fraction of sp³-hybridized carbons (Fsp3) is 0.304. The number of nitrogens with zero attached hydrogens (tertiary/aromatic N) is 2. The Bertz CT molecular complexity index is 1050. The van der Waals surface area contributed by atoms with Gasteiger partial charge in [-0.1, -0.05) is 61.5 Å². The molecule has 1 saturated heterocycles. The molecule has 0 unspecified atom stereocenters. The zero-order valence-corrected chi connectivity index (χ0v) is 17.0. The molecule has 146 valence electrons. The molecule has 0 radical (unpaired) electrons. The van der Waals surface area contributed by atoms with E-state index < -0.39 is 10.0 Å². The second-order valence-corrected chi connectivity index (χ2v) is 9.30. The minimum absolute atomic E-state index is 0.384. The number of benzene rings is 3. The van der Waals surface area contributed by atoms with Crippen molar-refractivity contribution in [3.63, 3.8) is 0 Å². The molecule has 4 rings (SSSR count). The van der Waals surface area contributed by atoms with Gasteiger partial charge in [-0.2, -0.15) is 4.31 Å². The van der Waals surface area contributed by atoms with Gasteiger partial charge in [0.05, 0.1) is 4.90 Å². The van der Waals surface area contributed by atoms with Crippen LogP contribution in [0.2, 0.25) is 0 Å². The molecular formula is C23H26N2O2S. The van der Waals surface area contributed by atoms with E-state index >= 15 is 0 Å². The van der Waals surface area contributed by atoms with E-state index in [2.05, 4.69) is 36.1 Å². The molecule has 5 heteroatoms. The van der Waals surface area contributed by atoms with E-state index in [0.717, 1.165) is 36.8 Å². The van der Waals surface area contributed by atoms with Crippen molar-refractivity contribution in [2.75, 3.05) is 26.2 Å². The molecule has 1 heterocycles. The molecular weight excluding hydrogens is 368 g/mol. The first kappa shape index (κ1) is 19.1. The zero-order chi connectivity index (χ0) is 19.6. The van der Waals surface area contributed by atoms with Crippen LogP contribution in [-0.4, -0.2) is 43.8 Å². The Kier molecular flexibility index (Phi) is 5.49. The largest absolute Gasteiger partial charge is 0.296 e. The molecule has 0 amide bonds. The predicted molar refractivity (Wildman–Crippen MR) is 114 cm³/mol. The normalized spacial score (nSPS) is 16.5. The highest BCUT2D eigenvalue weighted by molar-refractivity contribution is 7.89. The Morgan fingerprint density at radius 1 is 0.786 bits per heavy atom. The summed E-state index contributed by atoms with van der Waals surface area (Å²) in [6.45, 7) is 5.59. The summed E-state index contributed by atoms with van der Waals surface area (Å²) in [6.07, 6.45) is 1.05. The maximum Gasteiger partial charge on any atom is 0.243 e. The summed E-state index contributed by atoms with van der Waals surface area (Å²) in [6, 6.07) is 22.0. The summed E-state index contributed by atoms with van der Waals surface area (Å²) in [7, 11) is -3.45. The van der Waals surface area contributed by atoms with Crippen molar-refractivity contribution >= 4 is 20.8 Å². The average molecular weight is 395 g/mol. The van der Waals surface area contributed by atoms with E-state index in [9.17, 15) is 8.42 Å². The minimum Gasteiger partial charge on any atom is -0.296 e. The quantitative estimate of drug-likeness (QED) is 0.659. The molecule has 0 N–H and O–H groups in total. The maximum absolute atomic E-state index is 13.1. The Balaban J connectivity index is 1.42. The van der Waals surface area contributed by atoms with Gasteiger partial charge in [0.1, 0.15) is 0 Å². The summed E-state index contributed by atoms with van der Waals surface area (Å²) >= 11 is 0. The predicted octanol–water partition coefficient (Wildman–Crippen LogP) is 3.91.